The first kappa shape index (κ1) is 14.8. The molecule has 20 heavy (non-hydrogen) atoms. The molecule has 1 aromatic carbocycles. The predicted octanol–water partition coefficient (Wildman–Crippen LogP) is 2.86. The van der Waals surface area contributed by atoms with Crippen molar-refractivity contribution in [2.24, 2.45) is 4.99 Å². The van der Waals surface area contributed by atoms with Gasteiger partial charge in [0.25, 0.3) is 0 Å². The molecule has 0 aromatic heterocycles. The molecular formula is C16H22N2O2. The zero-order chi connectivity index (χ0) is 14.6. The molecule has 1 fully saturated rings. The number of ether oxygens (including phenoxy) is 1. The van der Waals surface area contributed by atoms with Crippen LogP contribution >= 0.6 is 0 Å². The minimum Gasteiger partial charge on any atom is -0.496 e. The minimum absolute atomic E-state index is 0.366. The zero-order valence-corrected chi connectivity index (χ0v) is 12.5. The molecule has 0 bridgehead atoms. The fourth-order valence-corrected chi connectivity index (χ4v) is 3.04. The van der Waals surface area contributed by atoms with Gasteiger partial charge in [-0.3, -0.25) is 0 Å². The molecule has 0 N–H and O–H groups in total. The number of rotatable bonds is 5. The molecule has 1 aliphatic rings. The second-order valence-corrected chi connectivity index (χ2v) is 5.71. The van der Waals surface area contributed by atoms with E-state index in [4.69, 9.17) is 4.74 Å². The minimum atomic E-state index is -0.366. The third-order valence-electron chi connectivity index (χ3n) is 3.99. The summed E-state index contributed by atoms with van der Waals surface area (Å²) < 4.78 is 5.42. The molecule has 4 nitrogen and oxygen atoms in total. The lowest BCUT2D eigenvalue weighted by Gasteiger charge is -2.24. The smallest absolute Gasteiger partial charge is 0.235 e. The number of aliphatic imine (C=N–C) groups is 1. The Hall–Kier alpha value is -1.64. The molecule has 4 heteroatoms. The maximum Gasteiger partial charge on any atom is 0.235 e. The number of hydrogen-bond donors (Lipinski definition) is 0. The Morgan fingerprint density at radius 2 is 2.05 bits per heavy atom. The van der Waals surface area contributed by atoms with Gasteiger partial charge in [-0.25, -0.2) is 4.79 Å². The summed E-state index contributed by atoms with van der Waals surface area (Å²) in [5, 5.41) is 0. The van der Waals surface area contributed by atoms with Crippen molar-refractivity contribution < 1.29 is 9.53 Å². The lowest BCUT2D eigenvalue weighted by molar-refractivity contribution is 0.370. The number of methoxy groups -OCH3 is 1. The molecule has 0 atom stereocenters. The maximum absolute atomic E-state index is 10.8. The van der Waals surface area contributed by atoms with E-state index in [1.165, 1.54) is 0 Å². The highest BCUT2D eigenvalue weighted by Crippen LogP contribution is 2.43. The third-order valence-corrected chi connectivity index (χ3v) is 3.99. The lowest BCUT2D eigenvalue weighted by atomic mass is 9.87. The van der Waals surface area contributed by atoms with Gasteiger partial charge in [-0.05, 0) is 44.6 Å². The first-order chi connectivity index (χ1) is 9.61. The monoisotopic (exact) mass is 274 g/mol. The van der Waals surface area contributed by atoms with Gasteiger partial charge in [0.05, 0.1) is 12.6 Å². The van der Waals surface area contributed by atoms with Gasteiger partial charge >= 0.3 is 0 Å². The quantitative estimate of drug-likeness (QED) is 0.612. The molecule has 1 aromatic rings. The van der Waals surface area contributed by atoms with Crippen molar-refractivity contribution in [3.8, 4) is 5.75 Å². The van der Waals surface area contributed by atoms with Gasteiger partial charge in [0.2, 0.25) is 6.08 Å². The van der Waals surface area contributed by atoms with Crippen LogP contribution in [0.25, 0.3) is 0 Å². The predicted molar refractivity (Wildman–Crippen MR) is 78.7 cm³/mol. The van der Waals surface area contributed by atoms with Crippen molar-refractivity contribution in [2.75, 3.05) is 21.2 Å². The standard InChI is InChI=1S/C16H22N2O2/c1-18(2)11-13-10-14(6-7-15(13)20-3)16(17-12-19)8-4-5-9-16/h6-7,10H,4-5,8-9,11H2,1-3H3. The maximum atomic E-state index is 10.8. The van der Waals surface area contributed by atoms with Crippen LogP contribution in [0.2, 0.25) is 0 Å². The van der Waals surface area contributed by atoms with Crippen LogP contribution in [0.4, 0.5) is 0 Å². The van der Waals surface area contributed by atoms with Crippen LogP contribution in [0, 0.1) is 0 Å². The number of isocyanates is 1. The summed E-state index contributed by atoms with van der Waals surface area (Å²) >= 11 is 0. The van der Waals surface area contributed by atoms with Crippen molar-refractivity contribution in [2.45, 2.75) is 37.8 Å². The van der Waals surface area contributed by atoms with E-state index in [1.807, 2.05) is 26.2 Å². The first-order valence-electron chi connectivity index (χ1n) is 7.02. The van der Waals surface area contributed by atoms with Crippen molar-refractivity contribution in [1.82, 2.24) is 4.90 Å². The van der Waals surface area contributed by atoms with E-state index in [2.05, 4.69) is 16.0 Å². The Morgan fingerprint density at radius 1 is 1.35 bits per heavy atom. The summed E-state index contributed by atoms with van der Waals surface area (Å²) in [6, 6.07) is 6.14. The molecule has 0 spiro atoms. The molecule has 1 aliphatic carbocycles. The Kier molecular flexibility index (Phi) is 4.58. The first-order valence-corrected chi connectivity index (χ1v) is 7.02. The van der Waals surface area contributed by atoms with E-state index >= 15 is 0 Å². The van der Waals surface area contributed by atoms with E-state index in [-0.39, 0.29) is 5.54 Å². The molecule has 2 rings (SSSR count). The fourth-order valence-electron chi connectivity index (χ4n) is 3.04. The molecular weight excluding hydrogens is 252 g/mol. The summed E-state index contributed by atoms with van der Waals surface area (Å²) in [6.45, 7) is 0.803. The van der Waals surface area contributed by atoms with Gasteiger partial charge in [-0.15, -0.1) is 0 Å². The fraction of sp³-hybridized carbons (Fsp3) is 0.562. The molecule has 0 aliphatic heterocycles. The van der Waals surface area contributed by atoms with Crippen LogP contribution in [-0.2, 0) is 16.9 Å². The van der Waals surface area contributed by atoms with E-state index in [9.17, 15) is 4.79 Å². The molecule has 0 radical (unpaired) electrons. The van der Waals surface area contributed by atoms with Crippen molar-refractivity contribution in [3.63, 3.8) is 0 Å². The van der Waals surface area contributed by atoms with Crippen LogP contribution < -0.4 is 4.74 Å². The normalized spacial score (nSPS) is 17.0. The number of hydrogen-bond acceptors (Lipinski definition) is 4. The zero-order valence-electron chi connectivity index (χ0n) is 12.5. The second-order valence-electron chi connectivity index (χ2n) is 5.71. The lowest BCUT2D eigenvalue weighted by Crippen LogP contribution is -2.20. The highest BCUT2D eigenvalue weighted by molar-refractivity contribution is 5.43. The summed E-state index contributed by atoms with van der Waals surface area (Å²) in [6.07, 6.45) is 5.85. The summed E-state index contributed by atoms with van der Waals surface area (Å²) in [7, 11) is 5.74. The largest absolute Gasteiger partial charge is 0.496 e. The molecule has 0 saturated heterocycles. The van der Waals surface area contributed by atoms with Crippen molar-refractivity contribution >= 4 is 6.08 Å². The van der Waals surface area contributed by atoms with Crippen LogP contribution in [0.1, 0.15) is 36.8 Å². The Bertz CT molecular complexity index is 513. The van der Waals surface area contributed by atoms with E-state index in [1.54, 1.807) is 13.2 Å². The highest BCUT2D eigenvalue weighted by Gasteiger charge is 2.36. The van der Waals surface area contributed by atoms with Gasteiger partial charge in [0, 0.05) is 12.1 Å². The molecule has 0 heterocycles. The SMILES string of the molecule is COc1ccc(C2(N=C=O)CCCC2)cc1CN(C)C. The van der Waals surface area contributed by atoms with Crippen molar-refractivity contribution in [1.29, 1.82) is 0 Å². The van der Waals surface area contributed by atoms with Gasteiger partial charge < -0.3 is 9.64 Å². The topological polar surface area (TPSA) is 41.9 Å². The Morgan fingerprint density at radius 3 is 2.60 bits per heavy atom. The van der Waals surface area contributed by atoms with E-state index < -0.39 is 0 Å². The Labute approximate surface area is 120 Å². The molecule has 108 valence electrons. The Balaban J connectivity index is 2.43. The second kappa shape index (κ2) is 6.21. The molecule has 0 unspecified atom stereocenters. The summed E-state index contributed by atoms with van der Waals surface area (Å²) in [5.41, 5.74) is 1.87. The van der Waals surface area contributed by atoms with Gasteiger partial charge in [0.15, 0.2) is 0 Å². The highest BCUT2D eigenvalue weighted by atomic mass is 16.5. The van der Waals surface area contributed by atoms with Crippen LogP contribution in [0.3, 0.4) is 0 Å². The number of carbonyl (C=O) groups excluding carboxylic acids is 1. The van der Waals surface area contributed by atoms with Gasteiger partial charge in [-0.1, -0.05) is 18.9 Å². The van der Waals surface area contributed by atoms with Crippen molar-refractivity contribution in [3.05, 3.63) is 29.3 Å². The summed E-state index contributed by atoms with van der Waals surface area (Å²) in [5.74, 6) is 0.880. The van der Waals surface area contributed by atoms with Crippen LogP contribution in [0.5, 0.6) is 5.75 Å². The number of benzene rings is 1. The van der Waals surface area contributed by atoms with Gasteiger partial charge in [-0.2, -0.15) is 4.99 Å². The van der Waals surface area contributed by atoms with E-state index in [0.29, 0.717) is 0 Å². The van der Waals surface area contributed by atoms with E-state index in [0.717, 1.165) is 49.1 Å². The summed E-state index contributed by atoms with van der Waals surface area (Å²) in [4.78, 5) is 17.0. The van der Waals surface area contributed by atoms with Crippen LogP contribution in [-0.4, -0.2) is 32.2 Å². The number of nitrogens with zero attached hydrogens (tertiary/aromatic N) is 2. The third kappa shape index (κ3) is 2.92. The molecule has 0 amide bonds. The average molecular weight is 274 g/mol. The average Bonchev–Trinajstić information content (AvgIpc) is 2.88. The van der Waals surface area contributed by atoms with Crippen LogP contribution in [0.15, 0.2) is 23.2 Å². The van der Waals surface area contributed by atoms with Gasteiger partial charge in [0.1, 0.15) is 5.75 Å². The molecule has 1 saturated carbocycles.